The van der Waals surface area contributed by atoms with Gasteiger partial charge in [-0.15, -0.1) is 23.1 Å². The molecule has 0 saturated heterocycles. The van der Waals surface area contributed by atoms with E-state index < -0.39 is 0 Å². The summed E-state index contributed by atoms with van der Waals surface area (Å²) in [5.41, 5.74) is 0.845. The predicted molar refractivity (Wildman–Crippen MR) is 47.4 cm³/mol. The minimum absolute atomic E-state index is 0.0752. The van der Waals surface area contributed by atoms with Crippen LogP contribution in [0.5, 0.6) is 0 Å². The van der Waals surface area contributed by atoms with Crippen LogP contribution in [0.4, 0.5) is 0 Å². The van der Waals surface area contributed by atoms with Crippen molar-refractivity contribution in [2.75, 3.05) is 12.3 Å². The van der Waals surface area contributed by atoms with Gasteiger partial charge in [0, 0.05) is 12.3 Å². The summed E-state index contributed by atoms with van der Waals surface area (Å²) >= 11 is 3.40. The summed E-state index contributed by atoms with van der Waals surface area (Å²) in [6.45, 7) is 0.783. The van der Waals surface area contributed by atoms with E-state index >= 15 is 0 Å². The van der Waals surface area contributed by atoms with Gasteiger partial charge in [0.25, 0.3) is 5.91 Å². The first kappa shape index (κ1) is 7.18. The topological polar surface area (TPSA) is 29.1 Å². The van der Waals surface area contributed by atoms with Crippen molar-refractivity contribution in [3.05, 3.63) is 17.0 Å². The van der Waals surface area contributed by atoms with E-state index in [1.807, 2.05) is 11.4 Å². The first-order chi connectivity index (χ1) is 5.38. The fourth-order valence-electron chi connectivity index (χ4n) is 0.979. The Morgan fingerprint density at radius 3 is 3.36 bits per heavy atom. The number of nitrogens with one attached hydrogen (secondary N) is 1. The lowest BCUT2D eigenvalue weighted by molar-refractivity contribution is 0.0955. The number of amides is 1. The van der Waals surface area contributed by atoms with Crippen molar-refractivity contribution in [1.29, 1.82) is 0 Å². The molecule has 4 heteroatoms. The molecule has 1 aromatic heterocycles. The number of fused-ring (bicyclic) bond motifs is 1. The van der Waals surface area contributed by atoms with E-state index in [-0.39, 0.29) is 5.91 Å². The van der Waals surface area contributed by atoms with Gasteiger partial charge in [0.1, 0.15) is 0 Å². The molecule has 2 nitrogen and oxygen atoms in total. The lowest BCUT2D eigenvalue weighted by atomic mass is 10.3. The van der Waals surface area contributed by atoms with Gasteiger partial charge >= 0.3 is 0 Å². The molecule has 1 amide bonds. The second kappa shape index (κ2) is 2.87. The van der Waals surface area contributed by atoms with Gasteiger partial charge in [-0.3, -0.25) is 4.79 Å². The van der Waals surface area contributed by atoms with Crippen LogP contribution in [-0.4, -0.2) is 18.2 Å². The van der Waals surface area contributed by atoms with Crippen molar-refractivity contribution in [2.24, 2.45) is 0 Å². The normalized spacial score (nSPS) is 16.9. The van der Waals surface area contributed by atoms with E-state index in [9.17, 15) is 4.79 Å². The summed E-state index contributed by atoms with van der Waals surface area (Å²) in [5, 5.41) is 4.79. The average Bonchev–Trinajstić information content (AvgIpc) is 2.40. The third-order valence-corrected chi connectivity index (χ3v) is 3.73. The molecule has 0 aliphatic carbocycles. The Balaban J connectivity index is 2.41. The summed E-state index contributed by atoms with van der Waals surface area (Å²) < 4.78 is 1.15. The first-order valence-electron chi connectivity index (χ1n) is 3.36. The predicted octanol–water partition coefficient (Wildman–Crippen LogP) is 1.58. The maximum absolute atomic E-state index is 11.2. The molecule has 11 heavy (non-hydrogen) atoms. The lowest BCUT2D eigenvalue weighted by Crippen LogP contribution is -2.23. The highest BCUT2D eigenvalue weighted by atomic mass is 32.2. The van der Waals surface area contributed by atoms with E-state index in [4.69, 9.17) is 0 Å². The number of rotatable bonds is 0. The van der Waals surface area contributed by atoms with Crippen LogP contribution in [0.3, 0.4) is 0 Å². The third-order valence-electron chi connectivity index (χ3n) is 1.50. The van der Waals surface area contributed by atoms with Gasteiger partial charge in [-0.1, -0.05) is 0 Å². The lowest BCUT2D eigenvalue weighted by Gasteiger charge is -1.95. The van der Waals surface area contributed by atoms with Crippen molar-refractivity contribution in [2.45, 2.75) is 4.21 Å². The van der Waals surface area contributed by atoms with Crippen LogP contribution in [0.1, 0.15) is 10.4 Å². The van der Waals surface area contributed by atoms with Crippen LogP contribution < -0.4 is 5.32 Å². The molecule has 0 aromatic carbocycles. The van der Waals surface area contributed by atoms with Crippen molar-refractivity contribution in [3.8, 4) is 0 Å². The largest absolute Gasteiger partial charge is 0.351 e. The molecule has 1 aliphatic heterocycles. The Bertz CT molecular complexity index is 282. The standard InChI is InChI=1S/C7H7NOS2/c9-6-5-1-3-10-7(5)11-4-2-8-6/h1,3H,2,4H2,(H,8,9). The number of thioether (sulfide) groups is 1. The summed E-state index contributed by atoms with van der Waals surface area (Å²) in [6, 6.07) is 1.88. The monoisotopic (exact) mass is 185 g/mol. The Kier molecular flexibility index (Phi) is 1.87. The summed E-state index contributed by atoms with van der Waals surface area (Å²) in [6.07, 6.45) is 0. The van der Waals surface area contributed by atoms with Crippen LogP contribution in [-0.2, 0) is 0 Å². The molecule has 1 N–H and O–H groups in total. The second-order valence-corrected chi connectivity index (χ2v) is 4.51. The third kappa shape index (κ3) is 1.28. The maximum atomic E-state index is 11.2. The van der Waals surface area contributed by atoms with Gasteiger partial charge in [-0.2, -0.15) is 0 Å². The molecule has 0 bridgehead atoms. The van der Waals surface area contributed by atoms with Crippen molar-refractivity contribution in [1.82, 2.24) is 5.32 Å². The van der Waals surface area contributed by atoms with E-state index in [0.29, 0.717) is 0 Å². The molecular formula is C7H7NOS2. The number of hydrogen-bond donors (Lipinski definition) is 1. The van der Waals surface area contributed by atoms with Crippen molar-refractivity contribution in [3.63, 3.8) is 0 Å². The van der Waals surface area contributed by atoms with Crippen LogP contribution in [0.25, 0.3) is 0 Å². The Labute approximate surface area is 73.0 Å². The van der Waals surface area contributed by atoms with Gasteiger partial charge in [-0.25, -0.2) is 0 Å². The molecule has 1 aromatic rings. The minimum atomic E-state index is 0.0752. The fraction of sp³-hybridized carbons (Fsp3) is 0.286. The molecule has 0 radical (unpaired) electrons. The van der Waals surface area contributed by atoms with Crippen LogP contribution in [0.15, 0.2) is 15.7 Å². The van der Waals surface area contributed by atoms with E-state index in [1.54, 1.807) is 23.1 Å². The summed E-state index contributed by atoms with van der Waals surface area (Å²) in [4.78, 5) is 11.2. The van der Waals surface area contributed by atoms with Crippen molar-refractivity contribution >= 4 is 29.0 Å². The van der Waals surface area contributed by atoms with Gasteiger partial charge in [-0.05, 0) is 11.4 Å². The number of thiophene rings is 1. The number of carbonyl (C=O) groups is 1. The average molecular weight is 185 g/mol. The highest BCUT2D eigenvalue weighted by Crippen LogP contribution is 2.29. The van der Waals surface area contributed by atoms with E-state index in [0.717, 1.165) is 22.1 Å². The fourth-order valence-corrected chi connectivity index (χ4v) is 2.99. The van der Waals surface area contributed by atoms with Gasteiger partial charge < -0.3 is 5.32 Å². The smallest absolute Gasteiger partial charge is 0.253 e. The molecule has 0 atom stereocenters. The van der Waals surface area contributed by atoms with Crippen molar-refractivity contribution < 1.29 is 4.79 Å². The first-order valence-corrected chi connectivity index (χ1v) is 5.23. The van der Waals surface area contributed by atoms with Gasteiger partial charge in [0.2, 0.25) is 0 Å². The van der Waals surface area contributed by atoms with E-state index in [2.05, 4.69) is 5.32 Å². The second-order valence-electron chi connectivity index (χ2n) is 2.23. The Hall–Kier alpha value is -0.480. The molecule has 2 rings (SSSR count). The van der Waals surface area contributed by atoms with Crippen LogP contribution in [0, 0.1) is 0 Å². The zero-order valence-electron chi connectivity index (χ0n) is 5.79. The van der Waals surface area contributed by atoms with Gasteiger partial charge in [0.05, 0.1) is 9.77 Å². The molecule has 2 heterocycles. The van der Waals surface area contributed by atoms with Gasteiger partial charge in [0.15, 0.2) is 0 Å². The molecular weight excluding hydrogens is 178 g/mol. The zero-order valence-corrected chi connectivity index (χ0v) is 7.43. The summed E-state index contributed by atoms with van der Waals surface area (Å²) in [5.74, 6) is 1.06. The quantitative estimate of drug-likeness (QED) is 0.665. The van der Waals surface area contributed by atoms with Crippen LogP contribution in [0.2, 0.25) is 0 Å². The number of carbonyl (C=O) groups excluding carboxylic acids is 1. The maximum Gasteiger partial charge on any atom is 0.253 e. The molecule has 0 fully saturated rings. The number of hydrogen-bond acceptors (Lipinski definition) is 3. The molecule has 0 unspecified atom stereocenters. The highest BCUT2D eigenvalue weighted by Gasteiger charge is 2.15. The Morgan fingerprint density at radius 2 is 2.45 bits per heavy atom. The van der Waals surface area contributed by atoms with E-state index in [1.165, 1.54) is 0 Å². The van der Waals surface area contributed by atoms with Crippen LogP contribution >= 0.6 is 23.1 Å². The summed E-state index contributed by atoms with van der Waals surface area (Å²) in [7, 11) is 0. The zero-order chi connectivity index (χ0) is 7.68. The molecule has 1 aliphatic rings. The SMILES string of the molecule is O=C1NCCSc2sccc21. The molecule has 58 valence electrons. The minimum Gasteiger partial charge on any atom is -0.351 e. The molecule has 0 saturated carbocycles. The Morgan fingerprint density at radius 1 is 1.55 bits per heavy atom. The highest BCUT2D eigenvalue weighted by molar-refractivity contribution is 8.01. The molecule has 0 spiro atoms.